The van der Waals surface area contributed by atoms with Crippen LogP contribution in [0, 0.1) is 0 Å². The van der Waals surface area contributed by atoms with E-state index < -0.39 is 0 Å². The van der Waals surface area contributed by atoms with E-state index in [1.807, 2.05) is 0 Å². The average molecular weight is 227 g/mol. The molecule has 0 aromatic carbocycles. The minimum absolute atomic E-state index is 0.432. The fraction of sp³-hybridized carbons (Fsp3) is 0.600. The Bertz CT molecular complexity index is 312. The second-order valence-electron chi connectivity index (χ2n) is 3.70. The van der Waals surface area contributed by atoms with Crippen molar-refractivity contribution in [1.82, 2.24) is 14.9 Å². The Labute approximate surface area is 94.7 Å². The lowest BCUT2D eigenvalue weighted by atomic mass is 10.4. The summed E-state index contributed by atoms with van der Waals surface area (Å²) >= 11 is 5.73. The first-order valence-corrected chi connectivity index (χ1v) is 5.66. The van der Waals surface area contributed by atoms with Crippen molar-refractivity contribution in [3.8, 4) is 0 Å². The van der Waals surface area contributed by atoms with Gasteiger partial charge in [0.2, 0.25) is 0 Å². The zero-order chi connectivity index (χ0) is 10.5. The fourth-order valence-electron chi connectivity index (χ4n) is 1.78. The molecule has 0 radical (unpaired) electrons. The lowest BCUT2D eigenvalue weighted by Gasteiger charge is -2.14. The minimum atomic E-state index is 0.432. The van der Waals surface area contributed by atoms with E-state index in [1.54, 1.807) is 6.20 Å². The molecule has 0 saturated carbocycles. The van der Waals surface area contributed by atoms with Crippen molar-refractivity contribution >= 4 is 17.4 Å². The summed E-state index contributed by atoms with van der Waals surface area (Å²) in [4.78, 5) is 10.5. The van der Waals surface area contributed by atoms with Crippen LogP contribution in [0.1, 0.15) is 12.8 Å². The molecule has 0 amide bonds. The molecule has 82 valence electrons. The van der Waals surface area contributed by atoms with E-state index in [2.05, 4.69) is 20.2 Å². The maximum atomic E-state index is 5.73. The van der Waals surface area contributed by atoms with Crippen LogP contribution >= 0.6 is 11.6 Å². The lowest BCUT2D eigenvalue weighted by Crippen LogP contribution is -2.26. The molecule has 1 fully saturated rings. The van der Waals surface area contributed by atoms with Crippen LogP contribution in [0.3, 0.4) is 0 Å². The maximum absolute atomic E-state index is 5.73. The summed E-state index contributed by atoms with van der Waals surface area (Å²) in [6.07, 6.45) is 5.89. The highest BCUT2D eigenvalue weighted by Crippen LogP contribution is 2.08. The number of anilines is 1. The quantitative estimate of drug-likeness (QED) is 0.848. The Hall–Kier alpha value is -0.870. The molecule has 1 aliphatic rings. The van der Waals surface area contributed by atoms with Gasteiger partial charge in [-0.2, -0.15) is 0 Å². The van der Waals surface area contributed by atoms with Crippen molar-refractivity contribution in [1.29, 1.82) is 0 Å². The van der Waals surface area contributed by atoms with Gasteiger partial charge in [-0.25, -0.2) is 4.98 Å². The van der Waals surface area contributed by atoms with E-state index in [1.165, 1.54) is 32.1 Å². The summed E-state index contributed by atoms with van der Waals surface area (Å²) in [5.74, 6) is 0.752. The fourth-order valence-corrected chi connectivity index (χ4v) is 1.92. The van der Waals surface area contributed by atoms with E-state index in [0.717, 1.165) is 18.9 Å². The number of aromatic nitrogens is 2. The smallest absolute Gasteiger partial charge is 0.149 e. The Kier molecular flexibility index (Phi) is 3.75. The first-order chi connectivity index (χ1) is 7.34. The Morgan fingerprint density at radius 2 is 2.13 bits per heavy atom. The van der Waals surface area contributed by atoms with Crippen molar-refractivity contribution in [3.05, 3.63) is 17.5 Å². The number of rotatable bonds is 4. The molecule has 1 N–H and O–H groups in total. The van der Waals surface area contributed by atoms with Crippen molar-refractivity contribution < 1.29 is 0 Å². The van der Waals surface area contributed by atoms with Crippen molar-refractivity contribution in [2.75, 3.05) is 31.5 Å². The first kappa shape index (κ1) is 10.6. The predicted molar refractivity (Wildman–Crippen MR) is 61.2 cm³/mol. The molecule has 0 bridgehead atoms. The van der Waals surface area contributed by atoms with Gasteiger partial charge >= 0.3 is 0 Å². The number of hydrogen-bond acceptors (Lipinski definition) is 4. The van der Waals surface area contributed by atoms with Crippen LogP contribution in [0.4, 0.5) is 5.82 Å². The summed E-state index contributed by atoms with van der Waals surface area (Å²) in [6.45, 7) is 4.41. The average Bonchev–Trinajstić information content (AvgIpc) is 2.71. The summed E-state index contributed by atoms with van der Waals surface area (Å²) in [7, 11) is 0. The van der Waals surface area contributed by atoms with Crippen LogP contribution in [0.5, 0.6) is 0 Å². The van der Waals surface area contributed by atoms with E-state index in [-0.39, 0.29) is 0 Å². The van der Waals surface area contributed by atoms with Crippen LogP contribution in [-0.2, 0) is 0 Å². The summed E-state index contributed by atoms with van der Waals surface area (Å²) in [5, 5.41) is 3.64. The standard InChI is InChI=1S/C10H15ClN4/c11-9-7-12-8-10(14-9)13-3-6-15-4-1-2-5-15/h7-8H,1-6H2,(H,13,14). The van der Waals surface area contributed by atoms with E-state index >= 15 is 0 Å². The van der Waals surface area contributed by atoms with Gasteiger partial charge in [-0.15, -0.1) is 0 Å². The highest BCUT2D eigenvalue weighted by molar-refractivity contribution is 6.29. The zero-order valence-electron chi connectivity index (χ0n) is 8.62. The molecule has 0 aliphatic carbocycles. The SMILES string of the molecule is Clc1cncc(NCCN2CCCC2)n1. The second-order valence-corrected chi connectivity index (χ2v) is 4.09. The highest BCUT2D eigenvalue weighted by atomic mass is 35.5. The zero-order valence-corrected chi connectivity index (χ0v) is 9.37. The number of halogens is 1. The van der Waals surface area contributed by atoms with Gasteiger partial charge in [0.15, 0.2) is 0 Å². The van der Waals surface area contributed by atoms with E-state index in [0.29, 0.717) is 5.15 Å². The van der Waals surface area contributed by atoms with Gasteiger partial charge in [0, 0.05) is 13.1 Å². The topological polar surface area (TPSA) is 41.1 Å². The molecule has 2 heterocycles. The van der Waals surface area contributed by atoms with Crippen molar-refractivity contribution in [2.24, 2.45) is 0 Å². The molecule has 0 unspecified atom stereocenters. The normalized spacial score (nSPS) is 16.9. The Morgan fingerprint density at radius 1 is 1.33 bits per heavy atom. The van der Waals surface area contributed by atoms with Gasteiger partial charge in [-0.05, 0) is 25.9 Å². The molecule has 0 spiro atoms. The van der Waals surface area contributed by atoms with Crippen molar-refractivity contribution in [3.63, 3.8) is 0 Å². The highest BCUT2D eigenvalue weighted by Gasteiger charge is 2.10. The van der Waals surface area contributed by atoms with Crippen LogP contribution in [0.15, 0.2) is 12.4 Å². The minimum Gasteiger partial charge on any atom is -0.367 e. The molecule has 1 saturated heterocycles. The molecule has 0 atom stereocenters. The third-order valence-corrected chi connectivity index (χ3v) is 2.72. The van der Waals surface area contributed by atoms with Gasteiger partial charge in [0.05, 0.1) is 12.4 Å². The third kappa shape index (κ3) is 3.32. The monoisotopic (exact) mass is 226 g/mol. The van der Waals surface area contributed by atoms with Crippen molar-refractivity contribution in [2.45, 2.75) is 12.8 Å². The first-order valence-electron chi connectivity index (χ1n) is 5.28. The molecular weight excluding hydrogens is 212 g/mol. The summed E-state index contributed by atoms with van der Waals surface area (Å²) in [5.41, 5.74) is 0. The Morgan fingerprint density at radius 3 is 2.87 bits per heavy atom. The van der Waals surface area contributed by atoms with E-state index in [9.17, 15) is 0 Å². The predicted octanol–water partition coefficient (Wildman–Crippen LogP) is 1.64. The maximum Gasteiger partial charge on any atom is 0.149 e. The molecule has 1 aromatic heterocycles. The van der Waals surface area contributed by atoms with Crippen LogP contribution < -0.4 is 5.32 Å². The van der Waals surface area contributed by atoms with Crippen LogP contribution in [0.25, 0.3) is 0 Å². The number of likely N-dealkylation sites (tertiary alicyclic amines) is 1. The lowest BCUT2D eigenvalue weighted by molar-refractivity contribution is 0.352. The summed E-state index contributed by atoms with van der Waals surface area (Å²) in [6, 6.07) is 0. The molecule has 1 aliphatic heterocycles. The van der Waals surface area contributed by atoms with Gasteiger partial charge in [0.25, 0.3) is 0 Å². The molecule has 5 heteroatoms. The molecule has 15 heavy (non-hydrogen) atoms. The third-order valence-electron chi connectivity index (χ3n) is 2.54. The number of nitrogens with one attached hydrogen (secondary N) is 1. The number of hydrogen-bond donors (Lipinski definition) is 1. The Balaban J connectivity index is 1.73. The number of nitrogens with zero attached hydrogens (tertiary/aromatic N) is 3. The molecule has 2 rings (SSSR count). The van der Waals surface area contributed by atoms with E-state index in [4.69, 9.17) is 11.6 Å². The second kappa shape index (κ2) is 5.28. The van der Waals surface area contributed by atoms with Gasteiger partial charge in [0.1, 0.15) is 11.0 Å². The van der Waals surface area contributed by atoms with Gasteiger partial charge in [-0.3, -0.25) is 4.98 Å². The van der Waals surface area contributed by atoms with Gasteiger partial charge < -0.3 is 10.2 Å². The largest absolute Gasteiger partial charge is 0.367 e. The molecule has 4 nitrogen and oxygen atoms in total. The van der Waals surface area contributed by atoms with Gasteiger partial charge in [-0.1, -0.05) is 11.6 Å². The molecular formula is C10H15ClN4. The summed E-state index contributed by atoms with van der Waals surface area (Å²) < 4.78 is 0. The molecule has 1 aromatic rings. The van der Waals surface area contributed by atoms with Crippen LogP contribution in [-0.4, -0.2) is 41.0 Å². The van der Waals surface area contributed by atoms with Crippen LogP contribution in [0.2, 0.25) is 5.15 Å².